The van der Waals surface area contributed by atoms with Crippen molar-refractivity contribution in [2.24, 2.45) is 0 Å². The standard InChI is InChI=1S/C17H24N4OS/c1-13(2)21-12-18-19-17(21)14-5-3-9-20(11-14)16(22)8-7-15-6-4-10-23-15/h4,6,10,12-14H,3,5,7-9,11H2,1-2H3/t14-/m1/s1. The number of amides is 1. The molecule has 0 radical (unpaired) electrons. The Balaban J connectivity index is 1.61. The Bertz CT molecular complexity index is 635. The van der Waals surface area contributed by atoms with Crippen LogP contribution in [0.1, 0.15) is 55.8 Å². The molecule has 1 aliphatic heterocycles. The molecule has 1 aliphatic rings. The predicted molar refractivity (Wildman–Crippen MR) is 91.6 cm³/mol. The summed E-state index contributed by atoms with van der Waals surface area (Å²) in [6.45, 7) is 5.92. The molecule has 0 unspecified atom stereocenters. The second kappa shape index (κ2) is 7.25. The second-order valence-electron chi connectivity index (χ2n) is 6.45. The normalized spacial score (nSPS) is 18.6. The molecule has 0 saturated carbocycles. The molecule has 0 aliphatic carbocycles. The van der Waals surface area contributed by atoms with Gasteiger partial charge in [0.25, 0.3) is 0 Å². The molecule has 0 spiro atoms. The molecule has 1 atom stereocenters. The first-order valence-electron chi connectivity index (χ1n) is 8.34. The maximum absolute atomic E-state index is 12.5. The molecule has 1 saturated heterocycles. The number of thiophene rings is 1. The van der Waals surface area contributed by atoms with E-state index in [2.05, 4.69) is 40.1 Å². The highest BCUT2D eigenvalue weighted by Gasteiger charge is 2.28. The summed E-state index contributed by atoms with van der Waals surface area (Å²) in [4.78, 5) is 15.8. The van der Waals surface area contributed by atoms with Crippen molar-refractivity contribution >= 4 is 17.2 Å². The molecule has 0 N–H and O–H groups in total. The summed E-state index contributed by atoms with van der Waals surface area (Å²) in [6, 6.07) is 4.49. The van der Waals surface area contributed by atoms with Gasteiger partial charge in [-0.3, -0.25) is 4.79 Å². The Morgan fingerprint density at radius 1 is 1.48 bits per heavy atom. The quantitative estimate of drug-likeness (QED) is 0.844. The van der Waals surface area contributed by atoms with Gasteiger partial charge < -0.3 is 9.47 Å². The third-order valence-electron chi connectivity index (χ3n) is 4.46. The number of carbonyl (C=O) groups excluding carboxylic acids is 1. The lowest BCUT2D eigenvalue weighted by atomic mass is 9.96. The monoisotopic (exact) mass is 332 g/mol. The first-order chi connectivity index (χ1) is 11.1. The van der Waals surface area contributed by atoms with E-state index >= 15 is 0 Å². The number of likely N-dealkylation sites (tertiary alicyclic amines) is 1. The van der Waals surface area contributed by atoms with Crippen LogP contribution in [0.25, 0.3) is 0 Å². The first kappa shape index (κ1) is 16.2. The molecule has 3 rings (SSSR count). The number of hydrogen-bond acceptors (Lipinski definition) is 4. The fourth-order valence-electron chi connectivity index (χ4n) is 3.20. The van der Waals surface area contributed by atoms with Crippen LogP contribution in [0.5, 0.6) is 0 Å². The molecule has 1 amide bonds. The summed E-state index contributed by atoms with van der Waals surface area (Å²) >= 11 is 1.72. The van der Waals surface area contributed by atoms with Gasteiger partial charge in [-0.1, -0.05) is 6.07 Å². The lowest BCUT2D eigenvalue weighted by Crippen LogP contribution is -2.40. The van der Waals surface area contributed by atoms with Crippen LogP contribution in [-0.2, 0) is 11.2 Å². The molecule has 23 heavy (non-hydrogen) atoms. The maximum Gasteiger partial charge on any atom is 0.222 e. The maximum atomic E-state index is 12.5. The minimum absolute atomic E-state index is 0.263. The highest BCUT2D eigenvalue weighted by molar-refractivity contribution is 7.09. The lowest BCUT2D eigenvalue weighted by molar-refractivity contribution is -0.132. The van der Waals surface area contributed by atoms with Crippen molar-refractivity contribution in [3.05, 3.63) is 34.5 Å². The topological polar surface area (TPSA) is 51.0 Å². The van der Waals surface area contributed by atoms with Crippen molar-refractivity contribution in [2.45, 2.75) is 51.5 Å². The summed E-state index contributed by atoms with van der Waals surface area (Å²) in [5.41, 5.74) is 0. The van der Waals surface area contributed by atoms with E-state index < -0.39 is 0 Å². The molecule has 2 aromatic rings. The fourth-order valence-corrected chi connectivity index (χ4v) is 3.91. The van der Waals surface area contributed by atoms with E-state index in [0.717, 1.165) is 38.2 Å². The smallest absolute Gasteiger partial charge is 0.222 e. The van der Waals surface area contributed by atoms with Gasteiger partial charge in [-0.15, -0.1) is 21.5 Å². The van der Waals surface area contributed by atoms with Crippen LogP contribution < -0.4 is 0 Å². The average molecular weight is 332 g/mol. The molecule has 6 heteroatoms. The SMILES string of the molecule is CC(C)n1cnnc1[C@@H]1CCCN(C(=O)CCc2cccs2)C1. The predicted octanol–water partition coefficient (Wildman–Crippen LogP) is 3.26. The van der Waals surface area contributed by atoms with Gasteiger partial charge in [-0.2, -0.15) is 0 Å². The Labute approximate surface area is 141 Å². The van der Waals surface area contributed by atoms with Gasteiger partial charge in [-0.25, -0.2) is 0 Å². The van der Waals surface area contributed by atoms with Gasteiger partial charge in [0, 0.05) is 36.3 Å². The van der Waals surface area contributed by atoms with Crippen molar-refractivity contribution in [3.63, 3.8) is 0 Å². The van der Waals surface area contributed by atoms with Crippen molar-refractivity contribution in [2.75, 3.05) is 13.1 Å². The number of nitrogens with zero attached hydrogens (tertiary/aromatic N) is 4. The largest absolute Gasteiger partial charge is 0.342 e. The molecule has 0 bridgehead atoms. The van der Waals surface area contributed by atoms with Crippen molar-refractivity contribution in [1.82, 2.24) is 19.7 Å². The molecular weight excluding hydrogens is 308 g/mol. The minimum Gasteiger partial charge on any atom is -0.342 e. The lowest BCUT2D eigenvalue weighted by Gasteiger charge is -2.32. The summed E-state index contributed by atoms with van der Waals surface area (Å²) in [7, 11) is 0. The van der Waals surface area contributed by atoms with Crippen LogP contribution in [0, 0.1) is 0 Å². The van der Waals surface area contributed by atoms with Crippen LogP contribution in [0.3, 0.4) is 0 Å². The third-order valence-corrected chi connectivity index (χ3v) is 5.40. The molecule has 2 aromatic heterocycles. The number of piperidine rings is 1. The summed E-state index contributed by atoms with van der Waals surface area (Å²) < 4.78 is 2.13. The summed E-state index contributed by atoms with van der Waals surface area (Å²) in [5, 5.41) is 10.5. The van der Waals surface area contributed by atoms with E-state index in [1.54, 1.807) is 17.7 Å². The van der Waals surface area contributed by atoms with E-state index in [1.807, 2.05) is 11.0 Å². The number of aryl methyl sites for hydroxylation is 1. The number of aromatic nitrogens is 3. The highest BCUT2D eigenvalue weighted by Crippen LogP contribution is 2.27. The number of carbonyl (C=O) groups is 1. The summed E-state index contributed by atoms with van der Waals surface area (Å²) in [5.74, 6) is 1.59. The molecular formula is C17H24N4OS. The van der Waals surface area contributed by atoms with Crippen molar-refractivity contribution in [1.29, 1.82) is 0 Å². The average Bonchev–Trinajstić information content (AvgIpc) is 3.24. The van der Waals surface area contributed by atoms with Crippen molar-refractivity contribution < 1.29 is 4.79 Å². The van der Waals surface area contributed by atoms with Crippen LogP contribution in [0.4, 0.5) is 0 Å². The minimum atomic E-state index is 0.263. The third kappa shape index (κ3) is 3.80. The zero-order valence-electron chi connectivity index (χ0n) is 13.8. The van der Waals surface area contributed by atoms with Gasteiger partial charge in [-0.05, 0) is 44.6 Å². The van der Waals surface area contributed by atoms with Gasteiger partial charge in [0.1, 0.15) is 12.2 Å². The van der Waals surface area contributed by atoms with E-state index in [0.29, 0.717) is 18.4 Å². The van der Waals surface area contributed by atoms with Crippen LogP contribution in [-0.4, -0.2) is 38.7 Å². The Kier molecular flexibility index (Phi) is 5.10. The van der Waals surface area contributed by atoms with E-state index in [-0.39, 0.29) is 5.91 Å². The highest BCUT2D eigenvalue weighted by atomic mass is 32.1. The Morgan fingerprint density at radius 3 is 3.09 bits per heavy atom. The van der Waals surface area contributed by atoms with Crippen molar-refractivity contribution in [3.8, 4) is 0 Å². The second-order valence-corrected chi connectivity index (χ2v) is 7.48. The molecule has 3 heterocycles. The molecule has 1 fully saturated rings. The van der Waals surface area contributed by atoms with Gasteiger partial charge >= 0.3 is 0 Å². The molecule has 5 nitrogen and oxygen atoms in total. The van der Waals surface area contributed by atoms with Gasteiger partial charge in [0.2, 0.25) is 5.91 Å². The first-order valence-corrected chi connectivity index (χ1v) is 9.22. The Morgan fingerprint density at radius 2 is 2.35 bits per heavy atom. The molecule has 124 valence electrons. The van der Waals surface area contributed by atoms with Gasteiger partial charge in [0.15, 0.2) is 0 Å². The van der Waals surface area contributed by atoms with E-state index in [1.165, 1.54) is 4.88 Å². The van der Waals surface area contributed by atoms with E-state index in [9.17, 15) is 4.79 Å². The van der Waals surface area contributed by atoms with Crippen LogP contribution in [0.15, 0.2) is 23.8 Å². The van der Waals surface area contributed by atoms with Gasteiger partial charge in [0.05, 0.1) is 0 Å². The summed E-state index contributed by atoms with van der Waals surface area (Å²) in [6.07, 6.45) is 5.38. The number of hydrogen-bond donors (Lipinski definition) is 0. The van der Waals surface area contributed by atoms with E-state index in [4.69, 9.17) is 0 Å². The fraction of sp³-hybridized carbons (Fsp3) is 0.588. The Hall–Kier alpha value is -1.69. The van der Waals surface area contributed by atoms with Crippen LogP contribution in [0.2, 0.25) is 0 Å². The number of rotatable bonds is 5. The zero-order chi connectivity index (χ0) is 16.2. The van der Waals surface area contributed by atoms with Crippen LogP contribution >= 0.6 is 11.3 Å². The zero-order valence-corrected chi connectivity index (χ0v) is 14.6. The molecule has 0 aromatic carbocycles.